The normalized spacial score (nSPS) is 17.8. The highest BCUT2D eigenvalue weighted by atomic mass is 35.5. The Morgan fingerprint density at radius 1 is 0.875 bits per heavy atom. The molecule has 0 N–H and O–H groups in total. The van der Waals surface area contributed by atoms with Crippen LogP contribution in [0.25, 0.3) is 0 Å². The van der Waals surface area contributed by atoms with E-state index in [0.29, 0.717) is 5.92 Å². The zero-order valence-corrected chi connectivity index (χ0v) is 19.4. The number of hydrogen-bond donors (Lipinski definition) is 0. The van der Waals surface area contributed by atoms with Crippen LogP contribution in [0.15, 0.2) is 72.8 Å². The molecule has 1 atom stereocenters. The molecule has 3 heteroatoms. The van der Waals surface area contributed by atoms with Crippen LogP contribution in [-0.2, 0) is 12.8 Å². The number of benzene rings is 3. The highest BCUT2D eigenvalue weighted by Crippen LogP contribution is 2.32. The van der Waals surface area contributed by atoms with Crippen molar-refractivity contribution in [2.75, 3.05) is 19.6 Å². The molecule has 1 aliphatic carbocycles. The third-order valence-electron chi connectivity index (χ3n) is 7.15. The smallest absolute Gasteiger partial charge is 0.125 e. The van der Waals surface area contributed by atoms with Crippen molar-refractivity contribution < 1.29 is 4.74 Å². The Balaban J connectivity index is 1.24. The lowest BCUT2D eigenvalue weighted by Gasteiger charge is -2.33. The molecule has 3 aromatic carbocycles. The maximum absolute atomic E-state index is 6.51. The van der Waals surface area contributed by atoms with Crippen LogP contribution in [0, 0.1) is 0 Å². The fourth-order valence-corrected chi connectivity index (χ4v) is 5.40. The Labute approximate surface area is 197 Å². The molecule has 1 saturated heterocycles. The highest BCUT2D eigenvalue weighted by molar-refractivity contribution is 6.30. The van der Waals surface area contributed by atoms with Gasteiger partial charge in [0.15, 0.2) is 0 Å². The summed E-state index contributed by atoms with van der Waals surface area (Å²) >= 11 is 6.09. The van der Waals surface area contributed by atoms with E-state index in [1.54, 1.807) is 0 Å². The minimum atomic E-state index is 0.0638. The molecule has 1 fully saturated rings. The lowest BCUT2D eigenvalue weighted by molar-refractivity contribution is 0.147. The van der Waals surface area contributed by atoms with Gasteiger partial charge in [0.1, 0.15) is 11.9 Å². The summed E-state index contributed by atoms with van der Waals surface area (Å²) in [5.41, 5.74) is 5.83. The highest BCUT2D eigenvalue weighted by Gasteiger charge is 2.23. The Bertz CT molecular complexity index is 1010. The van der Waals surface area contributed by atoms with E-state index in [1.165, 1.54) is 54.4 Å². The maximum atomic E-state index is 6.51. The summed E-state index contributed by atoms with van der Waals surface area (Å²) in [5, 5.41) is 0.743. The van der Waals surface area contributed by atoms with Crippen LogP contribution in [0.3, 0.4) is 0 Å². The summed E-state index contributed by atoms with van der Waals surface area (Å²) in [6.45, 7) is 3.39. The molecule has 1 aliphatic heterocycles. The molecule has 0 saturated carbocycles. The van der Waals surface area contributed by atoms with Crippen LogP contribution in [0.1, 0.15) is 60.0 Å². The first kappa shape index (κ1) is 21.6. The van der Waals surface area contributed by atoms with Gasteiger partial charge in [-0.3, -0.25) is 0 Å². The van der Waals surface area contributed by atoms with E-state index in [9.17, 15) is 0 Å². The number of piperidine rings is 1. The first-order chi connectivity index (χ1) is 15.7. The second-order valence-electron chi connectivity index (χ2n) is 9.26. The van der Waals surface area contributed by atoms with E-state index in [1.807, 2.05) is 24.3 Å². The molecular weight excluding hydrogens is 414 g/mol. The maximum Gasteiger partial charge on any atom is 0.125 e. The summed E-state index contributed by atoms with van der Waals surface area (Å²) < 4.78 is 6.51. The third-order valence-corrected chi connectivity index (χ3v) is 7.40. The van der Waals surface area contributed by atoms with Crippen LogP contribution < -0.4 is 4.74 Å². The summed E-state index contributed by atoms with van der Waals surface area (Å²) in [6.07, 6.45) is 7.24. The topological polar surface area (TPSA) is 12.5 Å². The van der Waals surface area contributed by atoms with Gasteiger partial charge in [0.2, 0.25) is 0 Å². The van der Waals surface area contributed by atoms with Gasteiger partial charge in [-0.05, 0) is 97.6 Å². The van der Waals surface area contributed by atoms with Gasteiger partial charge in [0.05, 0.1) is 0 Å². The molecule has 1 heterocycles. The van der Waals surface area contributed by atoms with Crippen LogP contribution in [0.4, 0.5) is 0 Å². The second kappa shape index (κ2) is 10.1. The van der Waals surface area contributed by atoms with Gasteiger partial charge in [-0.2, -0.15) is 0 Å². The fraction of sp³-hybridized carbons (Fsp3) is 0.379. The molecule has 1 unspecified atom stereocenters. The molecule has 0 amide bonds. The van der Waals surface area contributed by atoms with E-state index in [-0.39, 0.29) is 6.10 Å². The van der Waals surface area contributed by atoms with E-state index in [0.717, 1.165) is 36.8 Å². The van der Waals surface area contributed by atoms with E-state index >= 15 is 0 Å². The minimum absolute atomic E-state index is 0.0638. The predicted octanol–water partition coefficient (Wildman–Crippen LogP) is 7.22. The Morgan fingerprint density at radius 2 is 1.62 bits per heavy atom. The average Bonchev–Trinajstić information content (AvgIpc) is 3.32. The van der Waals surface area contributed by atoms with Crippen molar-refractivity contribution in [3.05, 3.63) is 100 Å². The van der Waals surface area contributed by atoms with Crippen LogP contribution in [0.5, 0.6) is 5.75 Å². The van der Waals surface area contributed by atoms with E-state index in [4.69, 9.17) is 16.3 Å². The number of aryl methyl sites for hydroxylation is 2. The first-order valence-electron chi connectivity index (χ1n) is 12.1. The predicted molar refractivity (Wildman–Crippen MR) is 133 cm³/mol. The number of fused-ring (bicyclic) bond motifs is 1. The van der Waals surface area contributed by atoms with Gasteiger partial charge in [-0.1, -0.05) is 60.1 Å². The Kier molecular flexibility index (Phi) is 6.80. The quantitative estimate of drug-likeness (QED) is 0.380. The number of ether oxygens (including phenoxy) is 1. The van der Waals surface area contributed by atoms with Gasteiger partial charge in [-0.15, -0.1) is 0 Å². The second-order valence-corrected chi connectivity index (χ2v) is 9.69. The molecule has 2 nitrogen and oxygen atoms in total. The third kappa shape index (κ3) is 5.19. The molecule has 0 aromatic heterocycles. The van der Waals surface area contributed by atoms with E-state index < -0.39 is 0 Å². The zero-order chi connectivity index (χ0) is 21.8. The van der Waals surface area contributed by atoms with Crippen molar-refractivity contribution in [1.82, 2.24) is 4.90 Å². The zero-order valence-electron chi connectivity index (χ0n) is 18.7. The summed E-state index contributed by atoms with van der Waals surface area (Å²) in [4.78, 5) is 2.62. The largest absolute Gasteiger partial charge is 0.486 e. The SMILES string of the molecule is Clc1ccc(OC(CCN2CCC(c3ccccc3)CC2)c2ccc3c(c2)CCC3)cc1. The molecule has 32 heavy (non-hydrogen) atoms. The van der Waals surface area contributed by atoms with Gasteiger partial charge >= 0.3 is 0 Å². The Hall–Kier alpha value is -2.29. The van der Waals surface area contributed by atoms with Crippen molar-refractivity contribution in [3.63, 3.8) is 0 Å². The van der Waals surface area contributed by atoms with Crippen molar-refractivity contribution in [1.29, 1.82) is 0 Å². The molecule has 0 spiro atoms. The van der Waals surface area contributed by atoms with Gasteiger partial charge in [-0.25, -0.2) is 0 Å². The monoisotopic (exact) mass is 445 g/mol. The number of rotatable bonds is 7. The van der Waals surface area contributed by atoms with Gasteiger partial charge in [0, 0.05) is 18.0 Å². The molecule has 2 aliphatic rings. The standard InChI is InChI=1S/C29H32ClNO/c30-27-11-13-28(14-12-27)32-29(26-10-9-23-7-4-8-25(23)21-26)17-20-31-18-15-24(16-19-31)22-5-2-1-3-6-22/h1-3,5-6,9-14,21,24,29H,4,7-8,15-20H2. The van der Waals surface area contributed by atoms with Crippen LogP contribution in [-0.4, -0.2) is 24.5 Å². The number of halogens is 1. The molecule has 0 bridgehead atoms. The van der Waals surface area contributed by atoms with Crippen molar-refractivity contribution in [2.45, 2.75) is 50.5 Å². The van der Waals surface area contributed by atoms with Crippen LogP contribution >= 0.6 is 11.6 Å². The van der Waals surface area contributed by atoms with Crippen LogP contribution in [0.2, 0.25) is 5.02 Å². The summed E-state index contributed by atoms with van der Waals surface area (Å²) in [7, 11) is 0. The lowest BCUT2D eigenvalue weighted by Crippen LogP contribution is -2.34. The number of likely N-dealkylation sites (tertiary alicyclic amines) is 1. The lowest BCUT2D eigenvalue weighted by atomic mass is 9.89. The average molecular weight is 446 g/mol. The Morgan fingerprint density at radius 3 is 2.41 bits per heavy atom. The van der Waals surface area contributed by atoms with Crippen molar-refractivity contribution in [2.24, 2.45) is 0 Å². The fourth-order valence-electron chi connectivity index (χ4n) is 5.28. The number of nitrogens with zero attached hydrogens (tertiary/aromatic N) is 1. The van der Waals surface area contributed by atoms with Gasteiger partial charge in [0.25, 0.3) is 0 Å². The summed E-state index contributed by atoms with van der Waals surface area (Å²) in [6, 6.07) is 25.8. The number of hydrogen-bond acceptors (Lipinski definition) is 2. The van der Waals surface area contributed by atoms with E-state index in [2.05, 4.69) is 53.4 Å². The van der Waals surface area contributed by atoms with Crippen molar-refractivity contribution >= 4 is 11.6 Å². The molecule has 3 aromatic rings. The summed E-state index contributed by atoms with van der Waals surface area (Å²) in [5.74, 6) is 1.59. The molecular formula is C29H32ClNO. The first-order valence-corrected chi connectivity index (χ1v) is 12.4. The molecule has 0 radical (unpaired) electrons. The van der Waals surface area contributed by atoms with Crippen molar-refractivity contribution in [3.8, 4) is 5.75 Å². The van der Waals surface area contributed by atoms with Gasteiger partial charge < -0.3 is 9.64 Å². The molecule has 5 rings (SSSR count). The molecule has 166 valence electrons. The minimum Gasteiger partial charge on any atom is -0.486 e.